The Kier molecular flexibility index (Phi) is 8.70. The maximum Gasteiger partial charge on any atom is 0.185 e. The summed E-state index contributed by atoms with van der Waals surface area (Å²) in [4.78, 5) is 21.7. The van der Waals surface area contributed by atoms with Crippen molar-refractivity contribution in [1.29, 1.82) is 0 Å². The summed E-state index contributed by atoms with van der Waals surface area (Å²) in [6.07, 6.45) is 9.82. The Morgan fingerprint density at radius 1 is 1.33 bits per heavy atom. The van der Waals surface area contributed by atoms with Gasteiger partial charge in [0.15, 0.2) is 10.8 Å². The Morgan fingerprint density at radius 2 is 2.21 bits per heavy atom. The van der Waals surface area contributed by atoms with Crippen LogP contribution in [0.25, 0.3) is 10.3 Å². The first-order chi connectivity index (χ1) is 16.2. The highest BCUT2D eigenvalue weighted by Crippen LogP contribution is 2.29. The summed E-state index contributed by atoms with van der Waals surface area (Å²) >= 11 is 4.92. The number of carbonyl (C=O) groups excluding carboxylic acids is 1. The fourth-order valence-corrected chi connectivity index (χ4v) is 5.65. The van der Waals surface area contributed by atoms with E-state index in [0.29, 0.717) is 5.92 Å². The van der Waals surface area contributed by atoms with Crippen LogP contribution in [0.4, 0.5) is 10.8 Å². The number of likely N-dealkylation sites (tertiary alicyclic amines) is 1. The second-order valence-corrected chi connectivity index (χ2v) is 10.7. The van der Waals surface area contributed by atoms with E-state index in [2.05, 4.69) is 52.6 Å². The predicted octanol–water partition coefficient (Wildman–Crippen LogP) is 4.78. The largest absolute Gasteiger partial charge is 0.365 e. The number of fused-ring (bicyclic) bond motifs is 1. The van der Waals surface area contributed by atoms with Crippen LogP contribution in [0.3, 0.4) is 0 Å². The Balaban J connectivity index is 0.000000160. The van der Waals surface area contributed by atoms with E-state index in [1.807, 2.05) is 31.7 Å². The number of aromatic amines is 1. The van der Waals surface area contributed by atoms with Crippen LogP contribution in [-0.4, -0.2) is 58.0 Å². The Hall–Kier alpha value is -2.47. The third-order valence-electron chi connectivity index (χ3n) is 5.32. The molecule has 5 heterocycles. The molecule has 11 heteroatoms. The molecule has 4 aromatic rings. The van der Waals surface area contributed by atoms with Gasteiger partial charge in [-0.25, -0.2) is 9.97 Å². The quantitative estimate of drug-likeness (QED) is 0.234. The molecule has 3 N–H and O–H groups in total. The molecule has 0 spiro atoms. The first-order valence-electron chi connectivity index (χ1n) is 10.8. The minimum absolute atomic E-state index is 0.301. The summed E-state index contributed by atoms with van der Waals surface area (Å²) in [5.74, 6) is 0.301. The zero-order chi connectivity index (χ0) is 22.9. The summed E-state index contributed by atoms with van der Waals surface area (Å²) in [7, 11) is 1.86. The molecule has 1 fully saturated rings. The van der Waals surface area contributed by atoms with Gasteiger partial charge in [-0.1, -0.05) is 17.4 Å². The maximum atomic E-state index is 10.6. The SMILES string of the molecule is CNc1nc2ncc(NSc3cccs3)cc2s1.O=CC1CCN(CCc2cn[nH]c2)CC1. The van der Waals surface area contributed by atoms with Crippen LogP contribution >= 0.6 is 34.6 Å². The minimum atomic E-state index is 0.301. The predicted molar refractivity (Wildman–Crippen MR) is 138 cm³/mol. The molecule has 0 saturated carbocycles. The van der Waals surface area contributed by atoms with Crippen molar-refractivity contribution in [2.45, 2.75) is 23.5 Å². The highest BCUT2D eigenvalue weighted by molar-refractivity contribution is 8.02. The van der Waals surface area contributed by atoms with Gasteiger partial charge in [-0.15, -0.1) is 11.3 Å². The lowest BCUT2D eigenvalue weighted by atomic mass is 9.98. The molecule has 4 aromatic heterocycles. The number of hydrogen-bond donors (Lipinski definition) is 3. The summed E-state index contributed by atoms with van der Waals surface area (Å²) in [6.45, 7) is 3.19. The molecular weight excluding hydrogens is 474 g/mol. The maximum absolute atomic E-state index is 10.6. The smallest absolute Gasteiger partial charge is 0.185 e. The zero-order valence-electron chi connectivity index (χ0n) is 18.4. The molecule has 33 heavy (non-hydrogen) atoms. The molecule has 0 atom stereocenters. The average molecular weight is 502 g/mol. The molecule has 8 nitrogen and oxygen atoms in total. The van der Waals surface area contributed by atoms with Crippen molar-refractivity contribution in [3.05, 3.63) is 47.7 Å². The summed E-state index contributed by atoms with van der Waals surface area (Å²) < 4.78 is 5.60. The molecule has 1 saturated heterocycles. The fraction of sp³-hybridized carbons (Fsp3) is 0.364. The van der Waals surface area contributed by atoms with Crippen LogP contribution in [0, 0.1) is 5.92 Å². The van der Waals surface area contributed by atoms with Crippen molar-refractivity contribution in [3.63, 3.8) is 0 Å². The molecule has 5 rings (SSSR count). The van der Waals surface area contributed by atoms with Crippen LogP contribution < -0.4 is 10.0 Å². The molecule has 0 aliphatic carbocycles. The van der Waals surface area contributed by atoms with Crippen molar-refractivity contribution < 1.29 is 4.79 Å². The summed E-state index contributed by atoms with van der Waals surface area (Å²) in [5.41, 5.74) is 3.04. The Bertz CT molecular complexity index is 1110. The topological polar surface area (TPSA) is 98.8 Å². The van der Waals surface area contributed by atoms with Gasteiger partial charge in [-0.2, -0.15) is 5.10 Å². The lowest BCUT2D eigenvalue weighted by molar-refractivity contribution is -0.112. The number of hydrogen-bond acceptors (Lipinski definition) is 10. The highest BCUT2D eigenvalue weighted by atomic mass is 32.2. The number of nitrogens with zero attached hydrogens (tertiary/aromatic N) is 4. The van der Waals surface area contributed by atoms with E-state index in [9.17, 15) is 4.79 Å². The third-order valence-corrected chi connectivity index (χ3v) is 8.21. The number of thiazole rings is 1. The second kappa shape index (κ2) is 12.1. The Morgan fingerprint density at radius 3 is 2.91 bits per heavy atom. The molecule has 174 valence electrons. The molecule has 0 radical (unpaired) electrons. The number of H-pyrrole nitrogens is 1. The molecule has 1 aliphatic rings. The van der Waals surface area contributed by atoms with Gasteiger partial charge in [-0.3, -0.25) is 5.10 Å². The standard InChI is InChI=1S/C11H10N4S3.C11H17N3O/c1-12-11-14-10-8(17-11)5-7(6-13-10)15-18-9-3-2-4-16-9;15-9-10-1-4-14(5-2-10)6-3-11-7-12-13-8-11/h2-6,15H,1H3,(H,12,13,14);7-10H,1-6H2,(H,12,13). The molecule has 0 aromatic carbocycles. The first kappa shape index (κ1) is 23.7. The Labute approximate surface area is 205 Å². The van der Waals surface area contributed by atoms with Crippen molar-refractivity contribution >= 4 is 62.1 Å². The van der Waals surface area contributed by atoms with Gasteiger partial charge in [0.1, 0.15) is 6.29 Å². The van der Waals surface area contributed by atoms with Gasteiger partial charge < -0.3 is 19.7 Å². The number of aromatic nitrogens is 4. The number of carbonyl (C=O) groups is 1. The van der Waals surface area contributed by atoms with Gasteiger partial charge in [-0.05, 0) is 67.4 Å². The van der Waals surface area contributed by atoms with Gasteiger partial charge in [0.25, 0.3) is 0 Å². The molecule has 1 aliphatic heterocycles. The number of thiophene rings is 1. The van der Waals surface area contributed by atoms with Crippen LogP contribution in [0.2, 0.25) is 0 Å². The van der Waals surface area contributed by atoms with E-state index < -0.39 is 0 Å². The van der Waals surface area contributed by atoms with Crippen molar-refractivity contribution in [3.8, 4) is 0 Å². The van der Waals surface area contributed by atoms with Gasteiger partial charge in [0, 0.05) is 25.7 Å². The van der Waals surface area contributed by atoms with E-state index in [1.165, 1.54) is 9.77 Å². The lowest BCUT2D eigenvalue weighted by Crippen LogP contribution is -2.35. The van der Waals surface area contributed by atoms with Crippen LogP contribution in [0.5, 0.6) is 0 Å². The number of anilines is 2. The van der Waals surface area contributed by atoms with Gasteiger partial charge >= 0.3 is 0 Å². The summed E-state index contributed by atoms with van der Waals surface area (Å²) in [6, 6.07) is 6.19. The van der Waals surface area contributed by atoms with Gasteiger partial charge in [0.05, 0.1) is 27.0 Å². The van der Waals surface area contributed by atoms with Crippen molar-refractivity contribution in [2.75, 3.05) is 36.7 Å². The van der Waals surface area contributed by atoms with E-state index in [-0.39, 0.29) is 0 Å². The monoisotopic (exact) mass is 501 g/mol. The van der Waals surface area contributed by atoms with E-state index >= 15 is 0 Å². The number of nitrogens with one attached hydrogen (secondary N) is 3. The lowest BCUT2D eigenvalue weighted by Gasteiger charge is -2.29. The zero-order valence-corrected chi connectivity index (χ0v) is 20.8. The third kappa shape index (κ3) is 7.00. The minimum Gasteiger partial charge on any atom is -0.365 e. The molecule has 0 amide bonds. The van der Waals surface area contributed by atoms with Crippen LogP contribution in [0.1, 0.15) is 18.4 Å². The molecule has 0 bridgehead atoms. The van der Waals surface area contributed by atoms with E-state index in [0.717, 1.165) is 66.3 Å². The number of aldehydes is 1. The first-order valence-corrected chi connectivity index (χ1v) is 13.3. The average Bonchev–Trinajstić information content (AvgIpc) is 3.63. The van der Waals surface area contributed by atoms with Crippen LogP contribution in [0.15, 0.2) is 46.4 Å². The normalized spacial score (nSPS) is 14.6. The second-order valence-electron chi connectivity index (χ2n) is 7.62. The highest BCUT2D eigenvalue weighted by Gasteiger charge is 2.17. The number of piperidine rings is 1. The summed E-state index contributed by atoms with van der Waals surface area (Å²) in [5, 5.41) is 12.7. The molecular formula is C22H27N7OS3. The van der Waals surface area contributed by atoms with Crippen molar-refractivity contribution in [2.24, 2.45) is 5.92 Å². The van der Waals surface area contributed by atoms with Crippen LogP contribution in [-0.2, 0) is 11.2 Å². The van der Waals surface area contributed by atoms with Gasteiger partial charge in [0.2, 0.25) is 0 Å². The van der Waals surface area contributed by atoms with E-state index in [4.69, 9.17) is 0 Å². The fourth-order valence-electron chi connectivity index (χ4n) is 3.43. The molecule has 0 unspecified atom stereocenters. The number of rotatable bonds is 8. The number of pyridine rings is 1. The van der Waals surface area contributed by atoms with E-state index in [1.54, 1.807) is 34.6 Å². The van der Waals surface area contributed by atoms with Crippen molar-refractivity contribution in [1.82, 2.24) is 25.1 Å².